The van der Waals surface area contributed by atoms with Crippen molar-refractivity contribution in [3.63, 3.8) is 0 Å². The lowest BCUT2D eigenvalue weighted by Gasteiger charge is -2.27. The van der Waals surface area contributed by atoms with E-state index in [0.29, 0.717) is 25.7 Å². The van der Waals surface area contributed by atoms with Crippen LogP contribution in [0.3, 0.4) is 0 Å². The number of carbonyl (C=O) groups is 2. The van der Waals surface area contributed by atoms with Crippen molar-refractivity contribution in [3.05, 3.63) is 36.0 Å². The summed E-state index contributed by atoms with van der Waals surface area (Å²) in [5.41, 5.74) is -0.342. The molecule has 8 heteroatoms. The number of ether oxygens (including phenoxy) is 3. The van der Waals surface area contributed by atoms with E-state index in [2.05, 4.69) is 0 Å². The standard InChI is InChI=1S/C30H48O8/c1-8-24(33)21(5)29-26(37-29)17-30(7,35)15-9-10-19(3)28-20(4)12-14-25(36-22(6)31)18(2)11-13-23(32)16-27(34)38-28/h9-10,12,14-15,18,20-21,23-26,28-29,32-33,35H,8,11,13,16-17H2,1-7H3/b14-12+,15-9+,19-10+/t18-,20+,21?,23+,24?,25+,26-,28-,29-,30?/m1/s1. The van der Waals surface area contributed by atoms with Crippen molar-refractivity contribution in [2.75, 3.05) is 0 Å². The zero-order valence-electron chi connectivity index (χ0n) is 24.0. The summed E-state index contributed by atoms with van der Waals surface area (Å²) in [4.78, 5) is 24.2. The molecule has 2 rings (SSSR count). The monoisotopic (exact) mass is 536 g/mol. The molecule has 0 aliphatic carbocycles. The molecule has 0 aromatic rings. The SMILES string of the molecule is CCC(O)C(C)[C@H]1O[C@@H]1CC(C)(O)/C=C/C=C(\C)[C@H]1OC(=O)C[C@@H](O)CC[C@@H](C)[C@@H](OC(C)=O)/C=C/[C@@H]1C. The number of hydrogen-bond acceptors (Lipinski definition) is 8. The zero-order valence-corrected chi connectivity index (χ0v) is 24.0. The average Bonchev–Trinajstić information content (AvgIpc) is 3.59. The zero-order chi connectivity index (χ0) is 28.6. The molecule has 8 nitrogen and oxygen atoms in total. The summed E-state index contributed by atoms with van der Waals surface area (Å²) in [5.74, 6) is -1.08. The van der Waals surface area contributed by atoms with Gasteiger partial charge in [-0.05, 0) is 50.7 Å². The van der Waals surface area contributed by atoms with Gasteiger partial charge >= 0.3 is 11.9 Å². The molecule has 1 saturated heterocycles. The predicted molar refractivity (Wildman–Crippen MR) is 145 cm³/mol. The Bertz CT molecular complexity index is 875. The van der Waals surface area contributed by atoms with Crippen LogP contribution in [0.2, 0.25) is 0 Å². The molecular formula is C30H48O8. The van der Waals surface area contributed by atoms with Crippen LogP contribution in [0, 0.1) is 17.8 Å². The highest BCUT2D eigenvalue weighted by molar-refractivity contribution is 5.70. The van der Waals surface area contributed by atoms with Crippen molar-refractivity contribution < 1.29 is 39.1 Å². The normalized spacial score (nSPS) is 35.3. The van der Waals surface area contributed by atoms with E-state index in [4.69, 9.17) is 14.2 Å². The summed E-state index contributed by atoms with van der Waals surface area (Å²) in [6, 6.07) is 0. The van der Waals surface area contributed by atoms with Crippen LogP contribution in [-0.2, 0) is 23.8 Å². The van der Waals surface area contributed by atoms with Crippen LogP contribution >= 0.6 is 0 Å². The third kappa shape index (κ3) is 10.3. The van der Waals surface area contributed by atoms with Crippen LogP contribution in [0.1, 0.15) is 80.6 Å². The highest BCUT2D eigenvalue weighted by atomic mass is 16.6. The van der Waals surface area contributed by atoms with E-state index in [1.54, 1.807) is 25.2 Å². The van der Waals surface area contributed by atoms with Crippen LogP contribution in [0.25, 0.3) is 0 Å². The highest BCUT2D eigenvalue weighted by Gasteiger charge is 2.47. The van der Waals surface area contributed by atoms with Gasteiger partial charge in [-0.25, -0.2) is 0 Å². The Morgan fingerprint density at radius 1 is 1.26 bits per heavy atom. The first-order valence-corrected chi connectivity index (χ1v) is 13.9. The number of rotatable bonds is 9. The number of aliphatic hydroxyl groups is 3. The lowest BCUT2D eigenvalue weighted by Crippen LogP contribution is -2.30. The van der Waals surface area contributed by atoms with E-state index in [0.717, 1.165) is 5.57 Å². The Morgan fingerprint density at radius 2 is 1.95 bits per heavy atom. The van der Waals surface area contributed by atoms with Gasteiger partial charge in [-0.15, -0.1) is 0 Å². The minimum atomic E-state index is -1.11. The van der Waals surface area contributed by atoms with Crippen molar-refractivity contribution >= 4 is 11.9 Å². The first-order chi connectivity index (χ1) is 17.7. The smallest absolute Gasteiger partial charge is 0.309 e. The largest absolute Gasteiger partial charge is 0.458 e. The van der Waals surface area contributed by atoms with E-state index >= 15 is 0 Å². The van der Waals surface area contributed by atoms with Crippen LogP contribution in [0.5, 0.6) is 0 Å². The fourth-order valence-corrected chi connectivity index (χ4v) is 4.99. The molecule has 0 aromatic carbocycles. The van der Waals surface area contributed by atoms with E-state index < -0.39 is 36.0 Å². The van der Waals surface area contributed by atoms with Gasteiger partial charge in [0.25, 0.3) is 0 Å². The number of aliphatic hydroxyl groups excluding tert-OH is 2. The summed E-state index contributed by atoms with van der Waals surface area (Å²) in [7, 11) is 0. The minimum absolute atomic E-state index is 0.0131. The molecule has 216 valence electrons. The van der Waals surface area contributed by atoms with Gasteiger partial charge in [-0.1, -0.05) is 52.0 Å². The highest BCUT2D eigenvalue weighted by Crippen LogP contribution is 2.37. The maximum Gasteiger partial charge on any atom is 0.309 e. The average molecular weight is 537 g/mol. The third-order valence-corrected chi connectivity index (χ3v) is 7.60. The van der Waals surface area contributed by atoms with E-state index in [1.807, 2.05) is 46.8 Å². The summed E-state index contributed by atoms with van der Waals surface area (Å²) in [6.45, 7) is 12.7. The maximum atomic E-state index is 12.6. The molecule has 2 heterocycles. The first-order valence-electron chi connectivity index (χ1n) is 13.9. The lowest BCUT2D eigenvalue weighted by molar-refractivity contribution is -0.151. The summed E-state index contributed by atoms with van der Waals surface area (Å²) < 4.78 is 17.0. The molecular weight excluding hydrogens is 488 g/mol. The second kappa shape index (κ2) is 14.4. The minimum Gasteiger partial charge on any atom is -0.458 e. The van der Waals surface area contributed by atoms with Gasteiger partial charge in [0.05, 0.1) is 36.4 Å². The van der Waals surface area contributed by atoms with Gasteiger partial charge in [0.1, 0.15) is 12.2 Å². The van der Waals surface area contributed by atoms with E-state index in [-0.39, 0.29) is 42.4 Å². The molecule has 3 unspecified atom stereocenters. The first kappa shape index (κ1) is 32.2. The molecule has 38 heavy (non-hydrogen) atoms. The van der Waals surface area contributed by atoms with Crippen molar-refractivity contribution in [3.8, 4) is 0 Å². The van der Waals surface area contributed by atoms with Crippen molar-refractivity contribution in [1.29, 1.82) is 0 Å². The number of epoxide rings is 1. The van der Waals surface area contributed by atoms with Crippen LogP contribution in [0.15, 0.2) is 36.0 Å². The van der Waals surface area contributed by atoms with Gasteiger partial charge < -0.3 is 29.5 Å². The van der Waals surface area contributed by atoms with Crippen molar-refractivity contribution in [1.82, 2.24) is 0 Å². The summed E-state index contributed by atoms with van der Waals surface area (Å²) >= 11 is 0. The number of carbonyl (C=O) groups excluding carboxylic acids is 2. The summed E-state index contributed by atoms with van der Waals surface area (Å²) in [6.07, 6.45) is 8.48. The molecule has 1 fully saturated rings. The number of allylic oxidation sites excluding steroid dienone is 2. The number of cyclic esters (lactones) is 1. The summed E-state index contributed by atoms with van der Waals surface area (Å²) in [5, 5.41) is 31.3. The van der Waals surface area contributed by atoms with Gasteiger partial charge in [-0.2, -0.15) is 0 Å². The topological polar surface area (TPSA) is 126 Å². The van der Waals surface area contributed by atoms with Gasteiger partial charge in [0.2, 0.25) is 0 Å². The van der Waals surface area contributed by atoms with E-state index in [9.17, 15) is 24.9 Å². The van der Waals surface area contributed by atoms with Gasteiger partial charge in [0.15, 0.2) is 0 Å². The van der Waals surface area contributed by atoms with Gasteiger partial charge in [-0.3, -0.25) is 9.59 Å². The van der Waals surface area contributed by atoms with Crippen LogP contribution in [0.4, 0.5) is 0 Å². The second-order valence-corrected chi connectivity index (χ2v) is 11.4. The van der Waals surface area contributed by atoms with Crippen LogP contribution in [-0.4, -0.2) is 69.5 Å². The molecule has 0 radical (unpaired) electrons. The molecule has 3 N–H and O–H groups in total. The van der Waals surface area contributed by atoms with Crippen molar-refractivity contribution in [2.45, 2.75) is 123 Å². The Labute approximate surface area is 227 Å². The molecule has 0 amide bonds. The molecule has 0 aromatic heterocycles. The fraction of sp³-hybridized carbons (Fsp3) is 0.733. The van der Waals surface area contributed by atoms with E-state index in [1.165, 1.54) is 6.92 Å². The molecule has 10 atom stereocenters. The Hall–Kier alpha value is -2.00. The molecule has 2 aliphatic heterocycles. The number of esters is 2. The maximum absolute atomic E-state index is 12.6. The lowest BCUT2D eigenvalue weighted by atomic mass is 9.91. The number of hydrogen-bond donors (Lipinski definition) is 3. The second-order valence-electron chi connectivity index (χ2n) is 11.4. The molecule has 2 aliphatic rings. The fourth-order valence-electron chi connectivity index (χ4n) is 4.99. The Morgan fingerprint density at radius 3 is 2.58 bits per heavy atom. The Kier molecular flexibility index (Phi) is 12.2. The molecule has 0 bridgehead atoms. The molecule has 0 saturated carbocycles. The molecule has 0 spiro atoms. The third-order valence-electron chi connectivity index (χ3n) is 7.60. The Balaban J connectivity index is 2.14. The van der Waals surface area contributed by atoms with Crippen LogP contribution < -0.4 is 0 Å². The van der Waals surface area contributed by atoms with Gasteiger partial charge in [0, 0.05) is 25.2 Å². The quantitative estimate of drug-likeness (QED) is 0.175. The predicted octanol–water partition coefficient (Wildman–Crippen LogP) is 4.02. The van der Waals surface area contributed by atoms with Crippen molar-refractivity contribution in [2.24, 2.45) is 17.8 Å².